The second-order valence-corrected chi connectivity index (χ2v) is 4.46. The molecule has 0 aromatic rings. The molecule has 0 aromatic heterocycles. The third kappa shape index (κ3) is 8.85. The van der Waals surface area contributed by atoms with E-state index in [2.05, 4.69) is 30.3 Å². The van der Waals surface area contributed by atoms with Gasteiger partial charge in [-0.15, -0.1) is 0 Å². The molecule has 0 aromatic carbocycles. The molecule has 0 spiro atoms. The first-order valence-electron chi connectivity index (χ1n) is 5.77. The smallest absolute Gasteiger partial charge is 0.0107 e. The summed E-state index contributed by atoms with van der Waals surface area (Å²) in [5, 5.41) is 3.49. The lowest BCUT2D eigenvalue weighted by Crippen LogP contribution is -2.32. The summed E-state index contributed by atoms with van der Waals surface area (Å²) in [5.41, 5.74) is 0. The molecule has 0 fully saturated rings. The minimum absolute atomic E-state index is 1.14. The maximum absolute atomic E-state index is 3.49. The predicted octanol–water partition coefficient (Wildman–Crippen LogP) is 2.06. The number of rotatable bonds is 10. The summed E-state index contributed by atoms with van der Waals surface area (Å²) in [4.78, 5) is 2.45. The molecule has 0 saturated heterocycles. The highest BCUT2D eigenvalue weighted by atomic mass is 32.2. The van der Waals surface area contributed by atoms with E-state index in [9.17, 15) is 0 Å². The average Bonchev–Trinajstić information content (AvgIpc) is 2.22. The minimum atomic E-state index is 1.14. The maximum Gasteiger partial charge on any atom is 0.0107 e. The van der Waals surface area contributed by atoms with Crippen molar-refractivity contribution >= 4 is 11.8 Å². The van der Waals surface area contributed by atoms with Crippen molar-refractivity contribution in [1.82, 2.24) is 10.2 Å². The lowest BCUT2D eigenvalue weighted by Gasteiger charge is -2.17. The lowest BCUT2D eigenvalue weighted by molar-refractivity contribution is 0.302. The Morgan fingerprint density at radius 2 is 1.79 bits per heavy atom. The summed E-state index contributed by atoms with van der Waals surface area (Å²) in [6.07, 6.45) is 4.84. The van der Waals surface area contributed by atoms with E-state index in [1.165, 1.54) is 44.8 Å². The van der Waals surface area contributed by atoms with Gasteiger partial charge in [-0.25, -0.2) is 0 Å². The largest absolute Gasteiger partial charge is 0.315 e. The van der Waals surface area contributed by atoms with Gasteiger partial charge < -0.3 is 10.2 Å². The Kier molecular flexibility index (Phi) is 11.6. The normalized spacial score (nSPS) is 11.1. The van der Waals surface area contributed by atoms with Gasteiger partial charge in [0.1, 0.15) is 0 Å². The summed E-state index contributed by atoms with van der Waals surface area (Å²) in [6.45, 7) is 10.3. The molecular formula is C11H26N2S. The van der Waals surface area contributed by atoms with Crippen molar-refractivity contribution < 1.29 is 0 Å². The topological polar surface area (TPSA) is 15.3 Å². The van der Waals surface area contributed by atoms with Gasteiger partial charge in [-0.3, -0.25) is 0 Å². The van der Waals surface area contributed by atoms with Crippen molar-refractivity contribution in [3.63, 3.8) is 0 Å². The van der Waals surface area contributed by atoms with Gasteiger partial charge >= 0.3 is 0 Å². The van der Waals surface area contributed by atoms with Crippen LogP contribution in [0, 0.1) is 0 Å². The van der Waals surface area contributed by atoms with Crippen molar-refractivity contribution in [3.05, 3.63) is 0 Å². The van der Waals surface area contributed by atoms with Crippen molar-refractivity contribution in [2.45, 2.75) is 26.7 Å². The fourth-order valence-corrected chi connectivity index (χ4v) is 1.89. The highest BCUT2D eigenvalue weighted by Gasteiger charge is 1.96. The second kappa shape index (κ2) is 11.3. The Balaban J connectivity index is 3.04. The number of thioether (sulfide) groups is 1. The second-order valence-electron chi connectivity index (χ2n) is 3.48. The SMILES string of the molecule is CCN(CC)CCNCCCCSC. The third-order valence-electron chi connectivity index (χ3n) is 2.45. The lowest BCUT2D eigenvalue weighted by atomic mass is 10.3. The van der Waals surface area contributed by atoms with Crippen LogP contribution >= 0.6 is 11.8 Å². The molecule has 86 valence electrons. The van der Waals surface area contributed by atoms with E-state index in [0.717, 1.165) is 6.54 Å². The molecule has 1 N–H and O–H groups in total. The minimum Gasteiger partial charge on any atom is -0.315 e. The van der Waals surface area contributed by atoms with Crippen LogP contribution in [0.5, 0.6) is 0 Å². The molecule has 0 aliphatic rings. The molecule has 0 radical (unpaired) electrons. The van der Waals surface area contributed by atoms with E-state index in [1.807, 2.05) is 11.8 Å². The van der Waals surface area contributed by atoms with E-state index in [4.69, 9.17) is 0 Å². The molecule has 0 unspecified atom stereocenters. The number of nitrogens with one attached hydrogen (secondary N) is 1. The molecule has 0 saturated carbocycles. The number of likely N-dealkylation sites (N-methyl/N-ethyl adjacent to an activating group) is 1. The van der Waals surface area contributed by atoms with Crippen LogP contribution in [-0.2, 0) is 0 Å². The number of hydrogen-bond acceptors (Lipinski definition) is 3. The highest BCUT2D eigenvalue weighted by molar-refractivity contribution is 7.98. The molecule has 0 heterocycles. The molecule has 0 rings (SSSR count). The van der Waals surface area contributed by atoms with Crippen LogP contribution in [0.25, 0.3) is 0 Å². The van der Waals surface area contributed by atoms with Crippen LogP contribution in [0.1, 0.15) is 26.7 Å². The molecule has 0 atom stereocenters. The van der Waals surface area contributed by atoms with E-state index in [0.29, 0.717) is 0 Å². The zero-order chi connectivity index (χ0) is 10.6. The Morgan fingerprint density at radius 3 is 2.36 bits per heavy atom. The van der Waals surface area contributed by atoms with Gasteiger partial charge in [-0.1, -0.05) is 13.8 Å². The highest BCUT2D eigenvalue weighted by Crippen LogP contribution is 1.97. The van der Waals surface area contributed by atoms with Crippen LogP contribution in [0.3, 0.4) is 0 Å². The molecule has 14 heavy (non-hydrogen) atoms. The summed E-state index contributed by atoms with van der Waals surface area (Å²) in [7, 11) is 0. The third-order valence-corrected chi connectivity index (χ3v) is 3.15. The van der Waals surface area contributed by atoms with Crippen LogP contribution in [-0.4, -0.2) is 49.6 Å². The standard InChI is InChI=1S/C11H26N2S/c1-4-13(5-2)10-9-12-8-6-7-11-14-3/h12H,4-11H2,1-3H3. The van der Waals surface area contributed by atoms with E-state index in [1.54, 1.807) is 0 Å². The predicted molar refractivity (Wildman–Crippen MR) is 68.3 cm³/mol. The monoisotopic (exact) mass is 218 g/mol. The van der Waals surface area contributed by atoms with Gasteiger partial charge in [0, 0.05) is 13.1 Å². The number of unbranched alkanes of at least 4 members (excludes halogenated alkanes) is 1. The maximum atomic E-state index is 3.49. The zero-order valence-corrected chi connectivity index (χ0v) is 10.8. The van der Waals surface area contributed by atoms with Crippen molar-refractivity contribution in [3.8, 4) is 0 Å². The van der Waals surface area contributed by atoms with Gasteiger partial charge in [0.25, 0.3) is 0 Å². The van der Waals surface area contributed by atoms with Gasteiger partial charge in [0.05, 0.1) is 0 Å². The summed E-state index contributed by atoms with van der Waals surface area (Å²) < 4.78 is 0. The quantitative estimate of drug-likeness (QED) is 0.565. The molecule has 0 bridgehead atoms. The number of nitrogens with zero attached hydrogens (tertiary/aromatic N) is 1. The van der Waals surface area contributed by atoms with E-state index in [-0.39, 0.29) is 0 Å². The molecule has 2 nitrogen and oxygen atoms in total. The van der Waals surface area contributed by atoms with Gasteiger partial charge in [-0.05, 0) is 44.5 Å². The van der Waals surface area contributed by atoms with E-state index < -0.39 is 0 Å². The average molecular weight is 218 g/mol. The van der Waals surface area contributed by atoms with Crippen LogP contribution in [0.4, 0.5) is 0 Å². The van der Waals surface area contributed by atoms with Gasteiger partial charge in [-0.2, -0.15) is 11.8 Å². The zero-order valence-electron chi connectivity index (χ0n) is 10.0. The van der Waals surface area contributed by atoms with E-state index >= 15 is 0 Å². The molecule has 3 heteroatoms. The Labute approximate surface area is 93.8 Å². The summed E-state index contributed by atoms with van der Waals surface area (Å²) in [6, 6.07) is 0. The Hall–Kier alpha value is 0.270. The Morgan fingerprint density at radius 1 is 1.07 bits per heavy atom. The number of hydrogen-bond donors (Lipinski definition) is 1. The van der Waals surface area contributed by atoms with Crippen molar-refractivity contribution in [2.24, 2.45) is 0 Å². The van der Waals surface area contributed by atoms with Gasteiger partial charge in [0.15, 0.2) is 0 Å². The van der Waals surface area contributed by atoms with Crippen LogP contribution in [0.15, 0.2) is 0 Å². The fourth-order valence-electron chi connectivity index (χ4n) is 1.40. The summed E-state index contributed by atoms with van der Waals surface area (Å²) >= 11 is 1.94. The molecular weight excluding hydrogens is 192 g/mol. The molecule has 0 aliphatic carbocycles. The van der Waals surface area contributed by atoms with Gasteiger partial charge in [0.2, 0.25) is 0 Å². The van der Waals surface area contributed by atoms with Crippen LogP contribution in [0.2, 0.25) is 0 Å². The first-order chi connectivity index (χ1) is 6.85. The molecule has 0 amide bonds. The molecule has 0 aliphatic heterocycles. The van der Waals surface area contributed by atoms with Crippen molar-refractivity contribution in [1.29, 1.82) is 0 Å². The van der Waals surface area contributed by atoms with Crippen LogP contribution < -0.4 is 5.32 Å². The first kappa shape index (κ1) is 14.3. The van der Waals surface area contributed by atoms with Crippen molar-refractivity contribution in [2.75, 3.05) is 44.7 Å². The fraction of sp³-hybridized carbons (Fsp3) is 1.00. The Bertz CT molecular complexity index is 105. The summed E-state index contributed by atoms with van der Waals surface area (Å²) in [5.74, 6) is 1.30. The first-order valence-corrected chi connectivity index (χ1v) is 7.16.